The first-order chi connectivity index (χ1) is 14.0. The minimum Gasteiger partial charge on any atom is -0.489 e. The summed E-state index contributed by atoms with van der Waals surface area (Å²) in [5.41, 5.74) is 8.16. The number of nitrogens with two attached hydrogens (primary N) is 1. The molecule has 1 aromatic heterocycles. The molecule has 152 valence electrons. The van der Waals surface area contributed by atoms with Gasteiger partial charge in [0.2, 0.25) is 5.91 Å². The molecule has 0 saturated heterocycles. The third-order valence-electron chi connectivity index (χ3n) is 5.52. The molecule has 1 aliphatic heterocycles. The van der Waals surface area contributed by atoms with Crippen LogP contribution in [0.15, 0.2) is 36.5 Å². The van der Waals surface area contributed by atoms with Gasteiger partial charge in [0.05, 0.1) is 0 Å². The van der Waals surface area contributed by atoms with E-state index in [1.165, 1.54) is 24.3 Å². The van der Waals surface area contributed by atoms with E-state index in [1.54, 1.807) is 6.07 Å². The number of hydrogen-bond donors (Lipinski definition) is 3. The van der Waals surface area contributed by atoms with Crippen molar-refractivity contribution < 1.29 is 18.3 Å². The minimum atomic E-state index is -0.599. The summed E-state index contributed by atoms with van der Waals surface area (Å²) in [4.78, 5) is 14.9. The van der Waals surface area contributed by atoms with E-state index in [0.717, 1.165) is 22.9 Å². The number of hydrogen-bond acceptors (Lipinski definition) is 3. The monoisotopic (exact) mass is 399 g/mol. The Balaban J connectivity index is 1.52. The van der Waals surface area contributed by atoms with Gasteiger partial charge in [0, 0.05) is 40.3 Å². The van der Waals surface area contributed by atoms with Crippen molar-refractivity contribution in [2.45, 2.75) is 38.3 Å². The molecule has 2 aromatic carbocycles. The van der Waals surface area contributed by atoms with E-state index >= 15 is 0 Å². The second-order valence-corrected chi connectivity index (χ2v) is 7.46. The zero-order valence-electron chi connectivity index (χ0n) is 16.1. The lowest BCUT2D eigenvalue weighted by Crippen LogP contribution is -2.46. The number of fused-ring (bicyclic) bond motifs is 2. The summed E-state index contributed by atoms with van der Waals surface area (Å²) < 4.78 is 33.3. The highest BCUT2D eigenvalue weighted by Gasteiger charge is 2.28. The first-order valence-electron chi connectivity index (χ1n) is 9.71. The fourth-order valence-corrected chi connectivity index (χ4v) is 4.02. The molecule has 5 nitrogen and oxygen atoms in total. The molecular formula is C22H23F2N3O2. The summed E-state index contributed by atoms with van der Waals surface area (Å²) in [6, 6.07) is 7.33. The number of aromatic nitrogens is 1. The number of primary amides is 1. The first kappa shape index (κ1) is 19.4. The number of H-pyrrole nitrogens is 1. The number of nitrogens with one attached hydrogen (secondary N) is 2. The highest BCUT2D eigenvalue weighted by molar-refractivity contribution is 5.95. The summed E-state index contributed by atoms with van der Waals surface area (Å²) in [7, 11) is 0. The number of ether oxygens (including phenoxy) is 1. The van der Waals surface area contributed by atoms with Crippen molar-refractivity contribution in [2.75, 3.05) is 6.61 Å². The Labute approximate surface area is 167 Å². The van der Waals surface area contributed by atoms with Crippen molar-refractivity contribution >= 4 is 16.8 Å². The Bertz CT molecular complexity index is 1060. The van der Waals surface area contributed by atoms with Crippen LogP contribution >= 0.6 is 0 Å². The maximum atomic E-state index is 14.1. The van der Waals surface area contributed by atoms with Gasteiger partial charge in [-0.3, -0.25) is 4.79 Å². The smallest absolute Gasteiger partial charge is 0.249 e. The Morgan fingerprint density at radius 3 is 2.93 bits per heavy atom. The normalized spacial score (nSPS) is 17.0. The minimum absolute atomic E-state index is 0.0886. The van der Waals surface area contributed by atoms with Crippen LogP contribution in [0.5, 0.6) is 5.75 Å². The van der Waals surface area contributed by atoms with E-state index in [2.05, 4.69) is 17.2 Å². The largest absolute Gasteiger partial charge is 0.489 e. The molecule has 4 N–H and O–H groups in total. The van der Waals surface area contributed by atoms with Gasteiger partial charge in [0.25, 0.3) is 0 Å². The Morgan fingerprint density at radius 1 is 1.34 bits per heavy atom. The molecule has 29 heavy (non-hydrogen) atoms. The van der Waals surface area contributed by atoms with E-state index in [0.29, 0.717) is 25.0 Å². The van der Waals surface area contributed by atoms with Crippen molar-refractivity contribution in [1.29, 1.82) is 0 Å². The fourth-order valence-electron chi connectivity index (χ4n) is 4.02. The summed E-state index contributed by atoms with van der Waals surface area (Å²) in [6.07, 6.45) is 3.90. The zero-order valence-corrected chi connectivity index (χ0v) is 16.1. The number of rotatable bonds is 6. The van der Waals surface area contributed by atoms with Crippen LogP contribution in [0.1, 0.15) is 34.8 Å². The van der Waals surface area contributed by atoms with Crippen molar-refractivity contribution in [3.63, 3.8) is 0 Å². The van der Waals surface area contributed by atoms with Crippen LogP contribution < -0.4 is 15.8 Å². The van der Waals surface area contributed by atoms with Gasteiger partial charge < -0.3 is 20.8 Å². The van der Waals surface area contributed by atoms with Gasteiger partial charge in [-0.2, -0.15) is 0 Å². The van der Waals surface area contributed by atoms with Crippen molar-refractivity contribution in [3.05, 3.63) is 64.9 Å². The molecule has 2 unspecified atom stereocenters. The molecule has 0 spiro atoms. The average molecular weight is 399 g/mol. The van der Waals surface area contributed by atoms with Crippen LogP contribution in [0.3, 0.4) is 0 Å². The molecule has 4 rings (SSSR count). The molecule has 0 fully saturated rings. The van der Waals surface area contributed by atoms with Gasteiger partial charge in [0.15, 0.2) is 11.6 Å². The second-order valence-electron chi connectivity index (χ2n) is 7.46. The van der Waals surface area contributed by atoms with Crippen LogP contribution in [0.25, 0.3) is 10.9 Å². The Morgan fingerprint density at radius 2 is 2.17 bits per heavy atom. The van der Waals surface area contributed by atoms with Crippen LogP contribution in [-0.2, 0) is 12.8 Å². The molecule has 3 aromatic rings. The van der Waals surface area contributed by atoms with Gasteiger partial charge in [-0.25, -0.2) is 8.78 Å². The predicted octanol–water partition coefficient (Wildman–Crippen LogP) is 3.46. The number of carbonyl (C=O) groups is 1. The Kier molecular flexibility index (Phi) is 5.24. The van der Waals surface area contributed by atoms with Crippen LogP contribution in [0, 0.1) is 11.6 Å². The predicted molar refractivity (Wildman–Crippen MR) is 107 cm³/mol. The molecule has 0 aliphatic carbocycles. The topological polar surface area (TPSA) is 80.1 Å². The van der Waals surface area contributed by atoms with E-state index in [-0.39, 0.29) is 29.2 Å². The molecule has 1 aliphatic rings. The summed E-state index contributed by atoms with van der Waals surface area (Å²) in [5.74, 6) is -1.24. The quantitative estimate of drug-likeness (QED) is 0.594. The SMILES string of the molecule is CCC(Cc1c[nH]c2ccc(F)cc12)NC1COc2c(F)ccc(C(N)=O)c2C1. The molecule has 7 heteroatoms. The average Bonchev–Trinajstić information content (AvgIpc) is 3.09. The summed E-state index contributed by atoms with van der Waals surface area (Å²) >= 11 is 0. The van der Waals surface area contributed by atoms with Crippen molar-refractivity contribution in [2.24, 2.45) is 5.73 Å². The number of carbonyl (C=O) groups excluding carboxylic acids is 1. The van der Waals surface area contributed by atoms with Crippen LogP contribution in [0.4, 0.5) is 8.78 Å². The fraction of sp³-hybridized carbons (Fsp3) is 0.318. The van der Waals surface area contributed by atoms with Gasteiger partial charge in [-0.05, 0) is 55.2 Å². The van der Waals surface area contributed by atoms with Gasteiger partial charge in [-0.1, -0.05) is 6.92 Å². The van der Waals surface area contributed by atoms with Gasteiger partial charge in [0.1, 0.15) is 12.4 Å². The molecular weight excluding hydrogens is 376 g/mol. The summed E-state index contributed by atoms with van der Waals surface area (Å²) in [6.45, 7) is 2.37. The number of halogens is 2. The lowest BCUT2D eigenvalue weighted by Gasteiger charge is -2.30. The molecule has 2 atom stereocenters. The third kappa shape index (κ3) is 3.82. The maximum Gasteiger partial charge on any atom is 0.249 e. The van der Waals surface area contributed by atoms with E-state index in [4.69, 9.17) is 10.5 Å². The number of aromatic amines is 1. The zero-order chi connectivity index (χ0) is 20.5. The third-order valence-corrected chi connectivity index (χ3v) is 5.52. The first-order valence-corrected chi connectivity index (χ1v) is 9.71. The molecule has 0 bridgehead atoms. The number of benzene rings is 2. The molecule has 0 saturated carbocycles. The highest BCUT2D eigenvalue weighted by atomic mass is 19.1. The Hall–Kier alpha value is -2.93. The van der Waals surface area contributed by atoms with E-state index < -0.39 is 11.7 Å². The van der Waals surface area contributed by atoms with E-state index in [1.807, 2.05) is 6.20 Å². The highest BCUT2D eigenvalue weighted by Crippen LogP contribution is 2.31. The van der Waals surface area contributed by atoms with Gasteiger partial charge in [-0.15, -0.1) is 0 Å². The van der Waals surface area contributed by atoms with Crippen molar-refractivity contribution in [1.82, 2.24) is 10.3 Å². The number of amides is 1. The molecule has 2 heterocycles. The lowest BCUT2D eigenvalue weighted by atomic mass is 9.95. The summed E-state index contributed by atoms with van der Waals surface area (Å²) in [5, 5.41) is 4.41. The second kappa shape index (κ2) is 7.83. The van der Waals surface area contributed by atoms with Gasteiger partial charge >= 0.3 is 0 Å². The van der Waals surface area contributed by atoms with Crippen LogP contribution in [-0.4, -0.2) is 29.6 Å². The molecule has 0 radical (unpaired) electrons. The lowest BCUT2D eigenvalue weighted by molar-refractivity contribution is 0.0997. The maximum absolute atomic E-state index is 14.1. The standard InChI is InChI=1S/C22H23F2N3O2/c1-2-14(7-12-10-26-20-6-3-13(23)8-17(12)20)27-15-9-18-16(22(25)28)4-5-19(24)21(18)29-11-15/h3-6,8,10,14-15,26-27H,2,7,9,11H2,1H3,(H2,25,28). The van der Waals surface area contributed by atoms with E-state index in [9.17, 15) is 13.6 Å². The van der Waals surface area contributed by atoms with Crippen molar-refractivity contribution in [3.8, 4) is 5.75 Å². The van der Waals surface area contributed by atoms with Crippen LogP contribution in [0.2, 0.25) is 0 Å². The molecule has 1 amide bonds.